The molecule has 0 radical (unpaired) electrons. The highest BCUT2D eigenvalue weighted by atomic mass is 16.5. The second kappa shape index (κ2) is 6.31. The quantitative estimate of drug-likeness (QED) is 0.907. The van der Waals surface area contributed by atoms with Crippen LogP contribution in [0.2, 0.25) is 0 Å². The molecule has 2 aromatic carbocycles. The second-order valence-electron chi connectivity index (χ2n) is 4.85. The zero-order valence-electron chi connectivity index (χ0n) is 12.3. The molecule has 1 N–H and O–H groups in total. The van der Waals surface area contributed by atoms with Gasteiger partial charge in [-0.1, -0.05) is 30.3 Å². The van der Waals surface area contributed by atoms with Crippen molar-refractivity contribution in [3.8, 4) is 22.6 Å². The van der Waals surface area contributed by atoms with E-state index in [1.807, 2.05) is 44.2 Å². The Bertz CT molecular complexity index is 633. The molecule has 0 aliphatic carbocycles. The van der Waals surface area contributed by atoms with Crippen LogP contribution in [0.15, 0.2) is 42.5 Å². The van der Waals surface area contributed by atoms with Gasteiger partial charge in [0.15, 0.2) is 0 Å². The van der Waals surface area contributed by atoms with Gasteiger partial charge in [0.2, 0.25) is 0 Å². The summed E-state index contributed by atoms with van der Waals surface area (Å²) in [6, 6.07) is 12.7. The van der Waals surface area contributed by atoms with Crippen LogP contribution >= 0.6 is 0 Å². The summed E-state index contributed by atoms with van der Waals surface area (Å²) in [6.45, 7) is 3.72. The lowest BCUT2D eigenvalue weighted by atomic mass is 9.97. The number of hydrogen-bond acceptors (Lipinski definition) is 3. The summed E-state index contributed by atoms with van der Waals surface area (Å²) in [6.07, 6.45) is -0.111. The van der Waals surface area contributed by atoms with Crippen molar-refractivity contribution < 1.29 is 19.4 Å². The number of carboxylic acids is 1. The van der Waals surface area contributed by atoms with E-state index in [0.717, 1.165) is 5.56 Å². The normalized spacial score (nSPS) is 10.5. The Kier molecular flexibility index (Phi) is 4.48. The summed E-state index contributed by atoms with van der Waals surface area (Å²) in [7, 11) is 1.52. The van der Waals surface area contributed by atoms with Gasteiger partial charge in [-0.3, -0.25) is 0 Å². The molecule has 0 fully saturated rings. The number of rotatable bonds is 5. The van der Waals surface area contributed by atoms with Gasteiger partial charge >= 0.3 is 5.97 Å². The molecule has 0 unspecified atom stereocenters. The maximum absolute atomic E-state index is 11.7. The number of ether oxygens (including phenoxy) is 2. The molecule has 21 heavy (non-hydrogen) atoms. The van der Waals surface area contributed by atoms with E-state index in [0.29, 0.717) is 17.1 Å². The molecule has 0 aliphatic rings. The van der Waals surface area contributed by atoms with E-state index in [2.05, 4.69) is 0 Å². The minimum absolute atomic E-state index is 0.111. The lowest BCUT2D eigenvalue weighted by molar-refractivity contribution is 0.0691. The van der Waals surface area contributed by atoms with Crippen LogP contribution in [-0.2, 0) is 0 Å². The average Bonchev–Trinajstić information content (AvgIpc) is 2.46. The summed E-state index contributed by atoms with van der Waals surface area (Å²) in [5.74, 6) is -0.185. The molecule has 0 aliphatic heterocycles. The lowest BCUT2D eigenvalue weighted by Gasteiger charge is -2.18. The van der Waals surface area contributed by atoms with Crippen molar-refractivity contribution >= 4 is 5.97 Å². The Morgan fingerprint density at radius 3 is 2.19 bits per heavy atom. The minimum atomic E-state index is -1.04. The largest absolute Gasteiger partial charge is 0.496 e. The van der Waals surface area contributed by atoms with Crippen LogP contribution in [-0.4, -0.2) is 24.3 Å². The molecule has 2 rings (SSSR count). The highest BCUT2D eigenvalue weighted by Gasteiger charge is 2.22. The first-order valence-corrected chi connectivity index (χ1v) is 6.71. The summed E-state index contributed by atoms with van der Waals surface area (Å²) < 4.78 is 11.0. The molecule has 4 heteroatoms. The first kappa shape index (κ1) is 14.9. The van der Waals surface area contributed by atoms with Crippen molar-refractivity contribution in [2.45, 2.75) is 20.0 Å². The van der Waals surface area contributed by atoms with Gasteiger partial charge < -0.3 is 14.6 Å². The third-order valence-electron chi connectivity index (χ3n) is 2.99. The molecule has 0 amide bonds. The van der Waals surface area contributed by atoms with Crippen molar-refractivity contribution in [1.82, 2.24) is 0 Å². The smallest absolute Gasteiger partial charge is 0.340 e. The summed E-state index contributed by atoms with van der Waals surface area (Å²) >= 11 is 0. The van der Waals surface area contributed by atoms with Gasteiger partial charge in [0, 0.05) is 5.56 Å². The molecule has 110 valence electrons. The number of carboxylic acid groups (broad SMARTS) is 1. The monoisotopic (exact) mass is 286 g/mol. The summed E-state index contributed by atoms with van der Waals surface area (Å²) in [5, 5.41) is 9.61. The minimum Gasteiger partial charge on any atom is -0.496 e. The predicted octanol–water partition coefficient (Wildman–Crippen LogP) is 3.85. The Balaban J connectivity index is 2.72. The van der Waals surface area contributed by atoms with Gasteiger partial charge in [0.05, 0.1) is 13.2 Å². The first-order chi connectivity index (χ1) is 10.0. The predicted molar refractivity (Wildman–Crippen MR) is 81.2 cm³/mol. The van der Waals surface area contributed by atoms with Gasteiger partial charge in [-0.05, 0) is 31.5 Å². The van der Waals surface area contributed by atoms with Gasteiger partial charge in [0.1, 0.15) is 17.1 Å². The van der Waals surface area contributed by atoms with Crippen LogP contribution in [0.1, 0.15) is 24.2 Å². The highest BCUT2D eigenvalue weighted by Crippen LogP contribution is 2.38. The van der Waals surface area contributed by atoms with Crippen LogP contribution in [0.25, 0.3) is 11.1 Å². The molecule has 0 spiro atoms. The number of carbonyl (C=O) groups is 1. The van der Waals surface area contributed by atoms with Crippen LogP contribution in [0.4, 0.5) is 0 Å². The Hall–Kier alpha value is -2.49. The topological polar surface area (TPSA) is 55.8 Å². The number of benzene rings is 2. The summed E-state index contributed by atoms with van der Waals surface area (Å²) in [5.41, 5.74) is 1.43. The van der Waals surface area contributed by atoms with Crippen LogP contribution < -0.4 is 9.47 Å². The maximum atomic E-state index is 11.7. The number of hydrogen-bond donors (Lipinski definition) is 1. The van der Waals surface area contributed by atoms with E-state index >= 15 is 0 Å². The number of aromatic carboxylic acids is 1. The Morgan fingerprint density at radius 1 is 1.05 bits per heavy atom. The van der Waals surface area contributed by atoms with Gasteiger partial charge in [0.25, 0.3) is 0 Å². The van der Waals surface area contributed by atoms with E-state index in [4.69, 9.17) is 9.47 Å². The fourth-order valence-electron chi connectivity index (χ4n) is 2.19. The van der Waals surface area contributed by atoms with Crippen molar-refractivity contribution in [1.29, 1.82) is 0 Å². The van der Waals surface area contributed by atoms with Crippen molar-refractivity contribution in [2.75, 3.05) is 7.11 Å². The molecule has 2 aromatic rings. The molecule has 4 nitrogen and oxygen atoms in total. The third-order valence-corrected chi connectivity index (χ3v) is 2.99. The summed E-state index contributed by atoms with van der Waals surface area (Å²) in [4.78, 5) is 11.7. The van der Waals surface area contributed by atoms with E-state index in [9.17, 15) is 9.90 Å². The van der Waals surface area contributed by atoms with E-state index in [1.165, 1.54) is 7.11 Å². The fourth-order valence-corrected chi connectivity index (χ4v) is 2.19. The molecule has 0 saturated carbocycles. The molecule has 0 bridgehead atoms. The van der Waals surface area contributed by atoms with E-state index in [1.54, 1.807) is 12.1 Å². The molecular weight excluding hydrogens is 268 g/mol. The fraction of sp³-hybridized carbons (Fsp3) is 0.235. The van der Waals surface area contributed by atoms with Crippen LogP contribution in [0, 0.1) is 0 Å². The number of methoxy groups -OCH3 is 1. The van der Waals surface area contributed by atoms with Gasteiger partial charge in [-0.15, -0.1) is 0 Å². The average molecular weight is 286 g/mol. The standard InChI is InChI=1S/C17H18O4/c1-11(2)21-14-10-9-13(20-3)15(16(14)17(18)19)12-7-5-4-6-8-12/h4-11H,1-3H3,(H,18,19). The van der Waals surface area contributed by atoms with Crippen molar-refractivity contribution in [3.63, 3.8) is 0 Å². The maximum Gasteiger partial charge on any atom is 0.340 e. The first-order valence-electron chi connectivity index (χ1n) is 6.71. The Morgan fingerprint density at radius 2 is 1.67 bits per heavy atom. The molecule has 0 aromatic heterocycles. The molecule has 0 saturated heterocycles. The molecule has 0 heterocycles. The lowest BCUT2D eigenvalue weighted by Crippen LogP contribution is -2.11. The SMILES string of the molecule is COc1ccc(OC(C)C)c(C(=O)O)c1-c1ccccc1. The zero-order valence-corrected chi connectivity index (χ0v) is 12.3. The van der Waals surface area contributed by atoms with Crippen molar-refractivity contribution in [3.05, 3.63) is 48.0 Å². The van der Waals surface area contributed by atoms with Gasteiger partial charge in [-0.2, -0.15) is 0 Å². The molecular formula is C17H18O4. The van der Waals surface area contributed by atoms with Crippen molar-refractivity contribution in [2.24, 2.45) is 0 Å². The zero-order chi connectivity index (χ0) is 15.4. The van der Waals surface area contributed by atoms with Crippen LogP contribution in [0.5, 0.6) is 11.5 Å². The van der Waals surface area contributed by atoms with E-state index in [-0.39, 0.29) is 11.7 Å². The van der Waals surface area contributed by atoms with Gasteiger partial charge in [-0.25, -0.2) is 4.79 Å². The Labute approximate surface area is 123 Å². The second-order valence-corrected chi connectivity index (χ2v) is 4.85. The highest BCUT2D eigenvalue weighted by molar-refractivity contribution is 6.00. The molecule has 0 atom stereocenters. The van der Waals surface area contributed by atoms with Crippen LogP contribution in [0.3, 0.4) is 0 Å². The third kappa shape index (κ3) is 3.16. The van der Waals surface area contributed by atoms with E-state index < -0.39 is 5.97 Å².